The van der Waals surface area contributed by atoms with Crippen LogP contribution in [-0.4, -0.2) is 20.1 Å². The summed E-state index contributed by atoms with van der Waals surface area (Å²) < 4.78 is 24.6. The fourth-order valence-electron chi connectivity index (χ4n) is 2.74. The second-order valence-electron chi connectivity index (χ2n) is 4.95. The monoisotopic (exact) mass is 312 g/mol. The van der Waals surface area contributed by atoms with Crippen molar-refractivity contribution in [3.63, 3.8) is 0 Å². The molecular formula is C17H13FN2O3. The van der Waals surface area contributed by atoms with Crippen molar-refractivity contribution < 1.29 is 18.7 Å². The number of fused-ring (bicyclic) bond motifs is 1. The molecule has 1 amide bonds. The van der Waals surface area contributed by atoms with Crippen LogP contribution in [0.4, 0.5) is 10.1 Å². The van der Waals surface area contributed by atoms with Crippen LogP contribution in [0, 0.1) is 17.1 Å². The Morgan fingerprint density at radius 1 is 1.22 bits per heavy atom. The summed E-state index contributed by atoms with van der Waals surface area (Å²) in [6.07, 6.45) is 0. The molecule has 1 aliphatic heterocycles. The Kier molecular flexibility index (Phi) is 3.62. The van der Waals surface area contributed by atoms with Crippen LogP contribution < -0.4 is 14.4 Å². The molecule has 5 nitrogen and oxygen atoms in total. The topological polar surface area (TPSA) is 62.6 Å². The summed E-state index contributed by atoms with van der Waals surface area (Å²) in [4.78, 5) is 13.9. The van der Waals surface area contributed by atoms with Crippen LogP contribution in [0.1, 0.15) is 22.0 Å². The Morgan fingerprint density at radius 3 is 2.61 bits per heavy atom. The number of methoxy groups -OCH3 is 2. The summed E-state index contributed by atoms with van der Waals surface area (Å²) in [7, 11) is 2.87. The fourth-order valence-corrected chi connectivity index (χ4v) is 2.74. The first-order valence-corrected chi connectivity index (χ1v) is 6.86. The average Bonchev–Trinajstić information content (AvgIpc) is 2.86. The van der Waals surface area contributed by atoms with Crippen molar-refractivity contribution in [2.75, 3.05) is 19.1 Å². The standard InChI is InChI=1S/C17H13FN2O3/c1-22-10-7-11-14(9-19)20(17(21)16(11)12(18)8-10)13-5-3-4-6-15(13)23-2/h3-8,14H,1-2H3. The van der Waals surface area contributed by atoms with Gasteiger partial charge in [0.15, 0.2) is 6.04 Å². The SMILES string of the molecule is COc1cc(F)c2c(c1)C(C#N)N(c1ccccc1OC)C2=O. The van der Waals surface area contributed by atoms with E-state index in [2.05, 4.69) is 6.07 Å². The summed E-state index contributed by atoms with van der Waals surface area (Å²) in [6.45, 7) is 0. The van der Waals surface area contributed by atoms with Crippen molar-refractivity contribution in [1.82, 2.24) is 0 Å². The first-order valence-electron chi connectivity index (χ1n) is 6.86. The van der Waals surface area contributed by atoms with Gasteiger partial charge in [-0.1, -0.05) is 12.1 Å². The molecule has 2 aromatic carbocycles. The molecule has 0 aromatic heterocycles. The number of benzene rings is 2. The van der Waals surface area contributed by atoms with Gasteiger partial charge in [0.05, 0.1) is 31.5 Å². The van der Waals surface area contributed by atoms with Gasteiger partial charge in [-0.15, -0.1) is 0 Å². The number of para-hydroxylation sites is 2. The highest BCUT2D eigenvalue weighted by Crippen LogP contribution is 2.43. The van der Waals surface area contributed by atoms with E-state index in [1.165, 1.54) is 25.2 Å². The van der Waals surface area contributed by atoms with Gasteiger partial charge in [-0.2, -0.15) is 5.26 Å². The summed E-state index contributed by atoms with van der Waals surface area (Å²) in [5.41, 5.74) is 0.602. The number of amides is 1. The van der Waals surface area contributed by atoms with E-state index in [1.807, 2.05) is 0 Å². The second-order valence-corrected chi connectivity index (χ2v) is 4.95. The highest BCUT2D eigenvalue weighted by molar-refractivity contribution is 6.12. The lowest BCUT2D eigenvalue weighted by atomic mass is 10.0. The van der Waals surface area contributed by atoms with E-state index in [-0.39, 0.29) is 11.3 Å². The normalized spacial score (nSPS) is 16.0. The van der Waals surface area contributed by atoms with Crippen molar-refractivity contribution in [1.29, 1.82) is 5.26 Å². The van der Waals surface area contributed by atoms with Crippen LogP contribution in [0.25, 0.3) is 0 Å². The molecule has 1 atom stereocenters. The van der Waals surface area contributed by atoms with E-state index in [0.29, 0.717) is 17.0 Å². The molecular weight excluding hydrogens is 299 g/mol. The lowest BCUT2D eigenvalue weighted by Gasteiger charge is -2.22. The predicted octanol–water partition coefficient (Wildman–Crippen LogP) is 3.07. The number of anilines is 1. The van der Waals surface area contributed by atoms with Gasteiger partial charge in [0.25, 0.3) is 5.91 Å². The molecule has 0 aliphatic carbocycles. The van der Waals surface area contributed by atoms with Gasteiger partial charge in [0.2, 0.25) is 0 Å². The van der Waals surface area contributed by atoms with E-state index >= 15 is 0 Å². The van der Waals surface area contributed by atoms with Gasteiger partial charge in [-0.25, -0.2) is 4.39 Å². The van der Waals surface area contributed by atoms with Crippen molar-refractivity contribution in [3.8, 4) is 17.6 Å². The zero-order chi connectivity index (χ0) is 16.6. The van der Waals surface area contributed by atoms with Crippen molar-refractivity contribution in [2.45, 2.75) is 6.04 Å². The van der Waals surface area contributed by atoms with Crippen molar-refractivity contribution >= 4 is 11.6 Å². The molecule has 1 heterocycles. The third kappa shape index (κ3) is 2.18. The summed E-state index contributed by atoms with van der Waals surface area (Å²) in [5.74, 6) is -0.587. The zero-order valence-corrected chi connectivity index (χ0v) is 12.5. The predicted molar refractivity (Wildman–Crippen MR) is 81.1 cm³/mol. The van der Waals surface area contributed by atoms with Gasteiger partial charge in [0, 0.05) is 11.6 Å². The molecule has 6 heteroatoms. The number of ether oxygens (including phenoxy) is 2. The molecule has 2 aromatic rings. The number of carbonyl (C=O) groups excluding carboxylic acids is 1. The van der Waals surface area contributed by atoms with Crippen LogP contribution in [0.2, 0.25) is 0 Å². The Bertz CT molecular complexity index is 829. The van der Waals surface area contributed by atoms with Crippen LogP contribution >= 0.6 is 0 Å². The summed E-state index contributed by atoms with van der Waals surface area (Å²) in [5, 5.41) is 9.53. The Labute approximate surface area is 132 Å². The number of hydrogen-bond donors (Lipinski definition) is 0. The van der Waals surface area contributed by atoms with Crippen molar-refractivity contribution in [2.24, 2.45) is 0 Å². The minimum absolute atomic E-state index is 0.108. The number of carbonyl (C=O) groups is 1. The lowest BCUT2D eigenvalue weighted by molar-refractivity contribution is 0.0990. The number of nitriles is 1. The second kappa shape index (κ2) is 5.61. The van der Waals surface area contributed by atoms with Crippen molar-refractivity contribution in [3.05, 3.63) is 53.3 Å². The molecule has 0 fully saturated rings. The van der Waals surface area contributed by atoms with Gasteiger partial charge in [-0.3, -0.25) is 9.69 Å². The number of rotatable bonds is 3. The zero-order valence-electron chi connectivity index (χ0n) is 12.5. The van der Waals surface area contributed by atoms with Crippen LogP contribution in [-0.2, 0) is 0 Å². The van der Waals surface area contributed by atoms with E-state index in [0.717, 1.165) is 6.07 Å². The first kappa shape index (κ1) is 14.9. The quantitative estimate of drug-likeness (QED) is 0.874. The molecule has 1 unspecified atom stereocenters. The summed E-state index contributed by atoms with van der Waals surface area (Å²) in [6, 6.07) is 10.6. The molecule has 0 saturated carbocycles. The van der Waals surface area contributed by atoms with E-state index in [4.69, 9.17) is 9.47 Å². The van der Waals surface area contributed by atoms with Crippen LogP contribution in [0.15, 0.2) is 36.4 Å². The minimum atomic E-state index is -0.946. The van der Waals surface area contributed by atoms with Gasteiger partial charge >= 0.3 is 0 Å². The Hall–Kier alpha value is -3.07. The maximum Gasteiger partial charge on any atom is 0.263 e. The van der Waals surface area contributed by atoms with Gasteiger partial charge in [0.1, 0.15) is 17.3 Å². The number of nitrogens with zero attached hydrogens (tertiary/aromatic N) is 2. The average molecular weight is 312 g/mol. The highest BCUT2D eigenvalue weighted by Gasteiger charge is 2.41. The first-order chi connectivity index (χ1) is 11.1. The molecule has 1 aliphatic rings. The maximum atomic E-state index is 14.3. The molecule has 0 bridgehead atoms. The summed E-state index contributed by atoms with van der Waals surface area (Å²) >= 11 is 0. The minimum Gasteiger partial charge on any atom is -0.497 e. The van der Waals surface area contributed by atoms with Crippen LogP contribution in [0.3, 0.4) is 0 Å². The number of halogens is 1. The molecule has 0 radical (unpaired) electrons. The van der Waals surface area contributed by atoms with Gasteiger partial charge in [-0.05, 0) is 18.2 Å². The fraction of sp³-hybridized carbons (Fsp3) is 0.176. The van der Waals surface area contributed by atoms with E-state index in [1.54, 1.807) is 24.3 Å². The molecule has 0 N–H and O–H groups in total. The molecule has 23 heavy (non-hydrogen) atoms. The molecule has 0 spiro atoms. The maximum absolute atomic E-state index is 14.3. The third-order valence-corrected chi connectivity index (χ3v) is 3.78. The van der Waals surface area contributed by atoms with E-state index < -0.39 is 17.8 Å². The molecule has 0 saturated heterocycles. The Balaban J connectivity index is 2.20. The third-order valence-electron chi connectivity index (χ3n) is 3.78. The Morgan fingerprint density at radius 2 is 1.96 bits per heavy atom. The molecule has 3 rings (SSSR count). The van der Waals surface area contributed by atoms with Gasteiger partial charge < -0.3 is 9.47 Å². The largest absolute Gasteiger partial charge is 0.497 e. The van der Waals surface area contributed by atoms with Crippen LogP contribution in [0.5, 0.6) is 11.5 Å². The highest BCUT2D eigenvalue weighted by atomic mass is 19.1. The molecule has 116 valence electrons. The number of hydrogen-bond acceptors (Lipinski definition) is 4. The van der Waals surface area contributed by atoms with E-state index in [9.17, 15) is 14.4 Å². The lowest BCUT2D eigenvalue weighted by Crippen LogP contribution is -2.27. The smallest absolute Gasteiger partial charge is 0.263 e.